The number of anilines is 1. The average Bonchev–Trinajstić information content (AvgIpc) is 2.36. The molecule has 1 aliphatic rings. The van der Waals surface area contributed by atoms with Gasteiger partial charge in [0.1, 0.15) is 0 Å². The van der Waals surface area contributed by atoms with Crippen molar-refractivity contribution in [1.29, 1.82) is 0 Å². The first kappa shape index (κ1) is 14.1. The van der Waals surface area contributed by atoms with E-state index >= 15 is 0 Å². The summed E-state index contributed by atoms with van der Waals surface area (Å²) in [6, 6.07) is 7.98. The van der Waals surface area contributed by atoms with Gasteiger partial charge in [-0.15, -0.1) is 0 Å². The van der Waals surface area contributed by atoms with Gasteiger partial charge >= 0.3 is 0 Å². The van der Waals surface area contributed by atoms with Gasteiger partial charge in [-0.05, 0) is 43.4 Å². The van der Waals surface area contributed by atoms with Gasteiger partial charge in [-0.1, -0.05) is 31.9 Å². The first-order chi connectivity index (χ1) is 8.92. The van der Waals surface area contributed by atoms with Crippen LogP contribution in [0.5, 0.6) is 0 Å². The van der Waals surface area contributed by atoms with E-state index in [0.29, 0.717) is 5.92 Å². The fraction of sp³-hybridized carbons (Fsp3) is 0.562. The molecule has 104 valence electrons. The van der Waals surface area contributed by atoms with Gasteiger partial charge in [0.15, 0.2) is 0 Å². The Morgan fingerprint density at radius 1 is 1.47 bits per heavy atom. The molecule has 0 heterocycles. The summed E-state index contributed by atoms with van der Waals surface area (Å²) >= 11 is 0. The van der Waals surface area contributed by atoms with Gasteiger partial charge < -0.3 is 10.6 Å². The van der Waals surface area contributed by atoms with Crippen molar-refractivity contribution in [1.82, 2.24) is 0 Å². The Morgan fingerprint density at radius 3 is 2.84 bits per heavy atom. The second-order valence-corrected chi connectivity index (χ2v) is 6.06. The zero-order valence-electron chi connectivity index (χ0n) is 12.1. The van der Waals surface area contributed by atoms with Crippen molar-refractivity contribution in [3.05, 3.63) is 29.8 Å². The molecule has 1 amide bonds. The van der Waals surface area contributed by atoms with Gasteiger partial charge in [-0.2, -0.15) is 0 Å². The molecule has 3 nitrogen and oxygen atoms in total. The minimum absolute atomic E-state index is 0.0460. The summed E-state index contributed by atoms with van der Waals surface area (Å²) in [5.41, 5.74) is 7.77. The second-order valence-electron chi connectivity index (χ2n) is 6.06. The summed E-state index contributed by atoms with van der Waals surface area (Å²) in [6.07, 6.45) is 3.82. The van der Waals surface area contributed by atoms with E-state index in [1.165, 1.54) is 6.42 Å². The summed E-state index contributed by atoms with van der Waals surface area (Å²) < 4.78 is 0. The fourth-order valence-corrected chi connectivity index (χ4v) is 3.07. The number of aryl methyl sites for hydroxylation is 1. The predicted molar refractivity (Wildman–Crippen MR) is 79.1 cm³/mol. The standard InChI is InChI=1S/C16H24N2O/c1-12-6-4-8-14(10-12)18(3)15(19)16(17)9-5-7-13(2)11-16/h4,6,8,10,13H,5,7,9,11,17H2,1-3H3. The lowest BCUT2D eigenvalue weighted by Gasteiger charge is -2.38. The largest absolute Gasteiger partial charge is 0.317 e. The molecule has 3 heteroatoms. The Balaban J connectivity index is 2.19. The summed E-state index contributed by atoms with van der Waals surface area (Å²) in [5, 5.41) is 0. The van der Waals surface area contributed by atoms with Crippen LogP contribution in [-0.4, -0.2) is 18.5 Å². The normalized spacial score (nSPS) is 27.1. The highest BCUT2D eigenvalue weighted by molar-refractivity contribution is 5.99. The molecule has 2 N–H and O–H groups in total. The number of carbonyl (C=O) groups is 1. The lowest BCUT2D eigenvalue weighted by molar-refractivity contribution is -0.125. The minimum Gasteiger partial charge on any atom is -0.317 e. The van der Waals surface area contributed by atoms with Gasteiger partial charge in [-0.3, -0.25) is 4.79 Å². The molecule has 2 atom stereocenters. The molecule has 2 unspecified atom stereocenters. The van der Waals surface area contributed by atoms with Crippen LogP contribution in [0.25, 0.3) is 0 Å². The number of rotatable bonds is 2. The molecule has 1 aromatic rings. The quantitative estimate of drug-likeness (QED) is 0.888. The van der Waals surface area contributed by atoms with Crippen molar-refractivity contribution in [2.24, 2.45) is 11.7 Å². The third-order valence-corrected chi connectivity index (χ3v) is 4.15. The molecule has 0 aromatic heterocycles. The van der Waals surface area contributed by atoms with Crippen LogP contribution in [0.15, 0.2) is 24.3 Å². The van der Waals surface area contributed by atoms with Crippen molar-refractivity contribution in [3.8, 4) is 0 Å². The lowest BCUT2D eigenvalue weighted by Crippen LogP contribution is -2.56. The third-order valence-electron chi connectivity index (χ3n) is 4.15. The highest BCUT2D eigenvalue weighted by Gasteiger charge is 2.39. The Bertz CT molecular complexity index is 472. The second kappa shape index (κ2) is 5.33. The number of benzene rings is 1. The smallest absolute Gasteiger partial charge is 0.246 e. The maximum atomic E-state index is 12.7. The molecule has 1 saturated carbocycles. The zero-order chi connectivity index (χ0) is 14.0. The molecule has 0 bridgehead atoms. The van der Waals surface area contributed by atoms with Gasteiger partial charge in [0.25, 0.3) is 0 Å². The molecule has 1 aromatic carbocycles. The number of likely N-dealkylation sites (N-methyl/N-ethyl adjacent to an activating group) is 1. The zero-order valence-corrected chi connectivity index (χ0v) is 12.1. The van der Waals surface area contributed by atoms with Gasteiger partial charge in [0, 0.05) is 12.7 Å². The molecule has 0 spiro atoms. The van der Waals surface area contributed by atoms with Crippen molar-refractivity contribution < 1.29 is 4.79 Å². The molecule has 1 aliphatic carbocycles. The van der Waals surface area contributed by atoms with Crippen LogP contribution >= 0.6 is 0 Å². The van der Waals surface area contributed by atoms with E-state index < -0.39 is 5.54 Å². The van der Waals surface area contributed by atoms with Crippen LogP contribution in [-0.2, 0) is 4.79 Å². The van der Waals surface area contributed by atoms with Gasteiger partial charge in [0.05, 0.1) is 5.54 Å². The van der Waals surface area contributed by atoms with Crippen LogP contribution in [0.2, 0.25) is 0 Å². The van der Waals surface area contributed by atoms with Crippen LogP contribution in [0.1, 0.15) is 38.2 Å². The highest BCUT2D eigenvalue weighted by Crippen LogP contribution is 2.32. The lowest BCUT2D eigenvalue weighted by atomic mass is 9.76. The van der Waals surface area contributed by atoms with E-state index in [9.17, 15) is 4.79 Å². The molecular formula is C16H24N2O. The Morgan fingerprint density at radius 2 is 2.21 bits per heavy atom. The Kier molecular flexibility index (Phi) is 3.95. The van der Waals surface area contributed by atoms with E-state index in [1.54, 1.807) is 4.90 Å². The van der Waals surface area contributed by atoms with Gasteiger partial charge in [-0.25, -0.2) is 0 Å². The molecule has 1 fully saturated rings. The first-order valence-corrected chi connectivity index (χ1v) is 7.06. The SMILES string of the molecule is Cc1cccc(N(C)C(=O)C2(N)CCCC(C)C2)c1. The van der Waals surface area contributed by atoms with Crippen LogP contribution in [0, 0.1) is 12.8 Å². The van der Waals surface area contributed by atoms with Gasteiger partial charge in [0.2, 0.25) is 5.91 Å². The van der Waals surface area contributed by atoms with Crippen molar-refractivity contribution in [2.75, 3.05) is 11.9 Å². The molecule has 0 aliphatic heterocycles. The van der Waals surface area contributed by atoms with E-state index in [4.69, 9.17) is 5.73 Å². The maximum Gasteiger partial charge on any atom is 0.246 e. The first-order valence-electron chi connectivity index (χ1n) is 7.06. The van der Waals surface area contributed by atoms with E-state index in [0.717, 1.165) is 30.5 Å². The topological polar surface area (TPSA) is 46.3 Å². The molecule has 0 saturated heterocycles. The maximum absolute atomic E-state index is 12.7. The van der Waals surface area contributed by atoms with Crippen LogP contribution in [0.3, 0.4) is 0 Å². The summed E-state index contributed by atoms with van der Waals surface area (Å²) in [5.74, 6) is 0.582. The van der Waals surface area contributed by atoms with E-state index in [2.05, 4.69) is 6.92 Å². The minimum atomic E-state index is -0.684. The fourth-order valence-electron chi connectivity index (χ4n) is 3.07. The van der Waals surface area contributed by atoms with E-state index in [-0.39, 0.29) is 5.91 Å². The summed E-state index contributed by atoms with van der Waals surface area (Å²) in [4.78, 5) is 14.4. The summed E-state index contributed by atoms with van der Waals surface area (Å²) in [6.45, 7) is 4.21. The Labute approximate surface area is 115 Å². The van der Waals surface area contributed by atoms with Crippen molar-refractivity contribution >= 4 is 11.6 Å². The number of nitrogens with zero attached hydrogens (tertiary/aromatic N) is 1. The monoisotopic (exact) mass is 260 g/mol. The molecule has 19 heavy (non-hydrogen) atoms. The third kappa shape index (κ3) is 2.98. The van der Waals surface area contributed by atoms with Crippen molar-refractivity contribution in [3.63, 3.8) is 0 Å². The number of hydrogen-bond acceptors (Lipinski definition) is 2. The number of amides is 1. The number of carbonyl (C=O) groups excluding carboxylic acids is 1. The van der Waals surface area contributed by atoms with Crippen LogP contribution in [0.4, 0.5) is 5.69 Å². The summed E-state index contributed by atoms with van der Waals surface area (Å²) in [7, 11) is 1.82. The number of nitrogens with two attached hydrogens (primary N) is 1. The average molecular weight is 260 g/mol. The van der Waals surface area contributed by atoms with E-state index in [1.807, 2.05) is 38.2 Å². The van der Waals surface area contributed by atoms with Crippen LogP contribution < -0.4 is 10.6 Å². The predicted octanol–water partition coefficient (Wildman–Crippen LogP) is 2.87. The molecular weight excluding hydrogens is 236 g/mol. The molecule has 0 radical (unpaired) electrons. The number of hydrogen-bond donors (Lipinski definition) is 1. The molecule has 2 rings (SSSR count). The highest BCUT2D eigenvalue weighted by atomic mass is 16.2. The van der Waals surface area contributed by atoms with Crippen molar-refractivity contribution in [2.45, 2.75) is 45.1 Å². The Hall–Kier alpha value is -1.35.